The second-order valence-corrected chi connectivity index (χ2v) is 15.3. The summed E-state index contributed by atoms with van der Waals surface area (Å²) in [7, 11) is 4.25. The maximum atomic E-state index is 4.25. The SMILES string of the molecule is B=C=C(C)C12CC3CC4C5C6C7C8C9CC%10CC%11C%12C%13C%14C1C8(C392)C7%14C6%13C5%12C%104%11. The predicted octanol–water partition coefficient (Wildman–Crippen LogP) is 2.90. The molecular weight excluding hydrogens is 335 g/mol. The molecule has 13 rings (SSSR count). The summed E-state index contributed by atoms with van der Waals surface area (Å²) in [5.41, 5.74) is 11.6. The van der Waals surface area contributed by atoms with E-state index in [4.69, 9.17) is 0 Å². The fourth-order valence-corrected chi connectivity index (χ4v) is 21.4. The van der Waals surface area contributed by atoms with Crippen LogP contribution in [0.2, 0.25) is 0 Å². The third-order valence-electron chi connectivity index (χ3n) is 18.7. The molecule has 0 heterocycles. The number of allylic oxidation sites excluding steroid dienone is 1. The van der Waals surface area contributed by atoms with Crippen molar-refractivity contribution in [2.24, 2.45) is 115 Å². The molecule has 13 saturated carbocycles. The van der Waals surface area contributed by atoms with Crippen LogP contribution in [0.1, 0.15) is 32.6 Å². The van der Waals surface area contributed by atoms with Gasteiger partial charge in [-0.2, -0.15) is 0 Å². The van der Waals surface area contributed by atoms with Crippen LogP contribution in [0.15, 0.2) is 5.57 Å². The second kappa shape index (κ2) is 2.24. The third kappa shape index (κ3) is 0.398. The Bertz CT molecular complexity index is 1260. The average Bonchev–Trinajstić information content (AvgIpc) is 2.82. The van der Waals surface area contributed by atoms with Gasteiger partial charge < -0.3 is 0 Å². The quantitative estimate of drug-likeness (QED) is 0.631. The van der Waals surface area contributed by atoms with Crippen LogP contribution in [0.4, 0.5) is 0 Å². The topological polar surface area (TPSA) is 0 Å². The molecule has 0 amide bonds. The molecule has 13 fully saturated rings. The fraction of sp³-hybridized carbons (Fsp3) is 0.926. The number of hydrogen-bond acceptors (Lipinski definition) is 0. The number of fused-ring (bicyclic) bond motifs is 10. The van der Waals surface area contributed by atoms with E-state index in [-0.39, 0.29) is 0 Å². The van der Waals surface area contributed by atoms with Gasteiger partial charge in [0.05, 0.1) is 0 Å². The molecule has 1 heteroatoms. The average molecular weight is 360 g/mol. The Kier molecular flexibility index (Phi) is 0.957. The van der Waals surface area contributed by atoms with Gasteiger partial charge in [0.1, 0.15) is 0 Å². The van der Waals surface area contributed by atoms with Gasteiger partial charge in [0.25, 0.3) is 0 Å². The summed E-state index contributed by atoms with van der Waals surface area (Å²) >= 11 is 0. The molecule has 0 aromatic carbocycles. The van der Waals surface area contributed by atoms with Crippen LogP contribution in [0, 0.1) is 115 Å². The van der Waals surface area contributed by atoms with Crippen molar-refractivity contribution < 1.29 is 0 Å². The predicted molar refractivity (Wildman–Crippen MR) is 102 cm³/mol. The summed E-state index contributed by atoms with van der Waals surface area (Å²) in [6, 6.07) is 0. The van der Waals surface area contributed by atoms with Crippen LogP contribution >= 0.6 is 0 Å². The van der Waals surface area contributed by atoms with Crippen LogP contribution in [-0.2, 0) is 0 Å². The van der Waals surface area contributed by atoms with Crippen LogP contribution in [0.3, 0.4) is 0 Å². The molecule has 0 aromatic heterocycles. The summed E-state index contributed by atoms with van der Waals surface area (Å²) in [4.78, 5) is 0. The summed E-state index contributed by atoms with van der Waals surface area (Å²) in [6.07, 6.45) is 6.76. The summed E-state index contributed by atoms with van der Waals surface area (Å²) in [5.74, 6) is 16.1. The molecule has 136 valence electrons. The number of rotatable bonds is 1. The molecule has 20 atom stereocenters. The van der Waals surface area contributed by atoms with Crippen LogP contribution in [0.25, 0.3) is 0 Å². The molecule has 0 bridgehead atoms. The van der Waals surface area contributed by atoms with Crippen molar-refractivity contribution in [3.8, 4) is 0 Å². The molecule has 0 aliphatic heterocycles. The summed E-state index contributed by atoms with van der Waals surface area (Å²) in [6.45, 7) is 2.50. The molecule has 0 N–H and O–H groups in total. The van der Waals surface area contributed by atoms with E-state index in [2.05, 4.69) is 20.0 Å². The molecule has 6 spiro atoms. The minimum atomic E-state index is 0.634. The van der Waals surface area contributed by atoms with Crippen molar-refractivity contribution in [2.45, 2.75) is 32.6 Å². The van der Waals surface area contributed by atoms with E-state index in [9.17, 15) is 0 Å². The van der Waals surface area contributed by atoms with Gasteiger partial charge in [-0.1, -0.05) is 0 Å². The van der Waals surface area contributed by atoms with E-state index in [0.29, 0.717) is 5.41 Å². The van der Waals surface area contributed by atoms with E-state index in [1.165, 1.54) is 65.1 Å². The van der Waals surface area contributed by atoms with Gasteiger partial charge >= 0.3 is 166 Å². The number of hydrogen-bond donors (Lipinski definition) is 0. The van der Waals surface area contributed by atoms with Crippen molar-refractivity contribution in [1.29, 1.82) is 0 Å². The zero-order chi connectivity index (χ0) is 17.1. The Labute approximate surface area is 166 Å². The molecule has 20 unspecified atom stereocenters. The van der Waals surface area contributed by atoms with Crippen LogP contribution in [0.5, 0.6) is 0 Å². The van der Waals surface area contributed by atoms with Gasteiger partial charge in [-0.25, -0.2) is 0 Å². The van der Waals surface area contributed by atoms with Gasteiger partial charge in [0.2, 0.25) is 0 Å². The van der Waals surface area contributed by atoms with Gasteiger partial charge in [-0.3, -0.25) is 0 Å². The van der Waals surface area contributed by atoms with Crippen LogP contribution in [-0.4, -0.2) is 13.1 Å². The molecule has 0 aromatic rings. The molecular formula is C27H25B. The monoisotopic (exact) mass is 360 g/mol. The first kappa shape index (κ1) is 11.9. The Morgan fingerprint density at radius 1 is 0.714 bits per heavy atom. The van der Waals surface area contributed by atoms with Gasteiger partial charge in [0.15, 0.2) is 0 Å². The molecule has 13 aliphatic rings. The molecule has 0 nitrogen and oxygen atoms in total. The zero-order valence-electron chi connectivity index (χ0n) is 16.5. The van der Waals surface area contributed by atoms with E-state index >= 15 is 0 Å². The zero-order valence-corrected chi connectivity index (χ0v) is 16.5. The Morgan fingerprint density at radius 3 is 2.14 bits per heavy atom. The molecule has 0 radical (unpaired) electrons. The van der Waals surface area contributed by atoms with Crippen molar-refractivity contribution in [3.05, 3.63) is 5.57 Å². The first-order valence-electron chi connectivity index (χ1n) is 13.1. The Morgan fingerprint density at radius 2 is 1.36 bits per heavy atom. The summed E-state index contributed by atoms with van der Waals surface area (Å²) < 4.78 is 0. The van der Waals surface area contributed by atoms with Crippen molar-refractivity contribution in [1.82, 2.24) is 0 Å². The van der Waals surface area contributed by atoms with E-state index in [0.717, 1.165) is 44.3 Å². The molecule has 13 aliphatic carbocycles. The van der Waals surface area contributed by atoms with Gasteiger partial charge in [-0.05, 0) is 0 Å². The van der Waals surface area contributed by atoms with Crippen molar-refractivity contribution in [2.75, 3.05) is 0 Å². The van der Waals surface area contributed by atoms with Crippen molar-refractivity contribution in [3.63, 3.8) is 0 Å². The molecule has 28 heavy (non-hydrogen) atoms. The first-order chi connectivity index (χ1) is 13.7. The van der Waals surface area contributed by atoms with Gasteiger partial charge in [0, 0.05) is 0 Å². The first-order valence-corrected chi connectivity index (χ1v) is 13.1. The van der Waals surface area contributed by atoms with E-state index in [1.54, 1.807) is 31.3 Å². The van der Waals surface area contributed by atoms with Gasteiger partial charge in [-0.15, -0.1) is 0 Å². The van der Waals surface area contributed by atoms with Crippen molar-refractivity contribution >= 4 is 13.1 Å². The fourth-order valence-electron chi connectivity index (χ4n) is 21.4. The standard InChI is InChI=1S/C27H25B/c1-7(6-28)21-5-9-4-11-13-16-17-15-12-3-8-2-10-14-18-19-20(21)27(15,23(9,12)21)26(17,19)25(16,18)24(13,14)22(8,10)11/h8-20,28H,2-5H2,1H3. The maximum absolute atomic E-state index is 4.25. The second-order valence-electron chi connectivity index (χ2n) is 15.3. The third-order valence-corrected chi connectivity index (χ3v) is 18.7. The Balaban J connectivity index is 1.24. The minimum absolute atomic E-state index is 0.634. The Hall–Kier alpha value is -0.285. The van der Waals surface area contributed by atoms with Crippen LogP contribution < -0.4 is 0 Å². The van der Waals surface area contributed by atoms with E-state index < -0.39 is 0 Å². The normalized spacial score (nSPS) is 102. The molecule has 0 saturated heterocycles. The summed E-state index contributed by atoms with van der Waals surface area (Å²) in [5, 5.41) is 0. The van der Waals surface area contributed by atoms with E-state index in [1.807, 2.05) is 0 Å².